The molecule has 1 aromatic heterocycles. The number of hydrogen-bond acceptors (Lipinski definition) is 3. The molecule has 1 aliphatic heterocycles. The van der Waals surface area contributed by atoms with E-state index in [-0.39, 0.29) is 6.09 Å². The Morgan fingerprint density at radius 2 is 1.93 bits per heavy atom. The van der Waals surface area contributed by atoms with Gasteiger partial charge < -0.3 is 19.5 Å². The minimum Gasteiger partial charge on any atom is -0.409 e. The van der Waals surface area contributed by atoms with E-state index < -0.39 is 0 Å². The Kier molecular flexibility index (Phi) is 6.07. The summed E-state index contributed by atoms with van der Waals surface area (Å²) in [6.07, 6.45) is 4.47. The third kappa shape index (κ3) is 4.57. The molecule has 6 heteroatoms. The van der Waals surface area contributed by atoms with Gasteiger partial charge in [0.15, 0.2) is 0 Å². The van der Waals surface area contributed by atoms with Gasteiger partial charge in [0.2, 0.25) is 0 Å². The lowest BCUT2D eigenvalue weighted by Gasteiger charge is -2.36. The highest BCUT2D eigenvalue weighted by atomic mass is 35.5. The van der Waals surface area contributed by atoms with E-state index in [1.54, 1.807) is 23.2 Å². The Bertz CT molecular complexity index is 965. The summed E-state index contributed by atoms with van der Waals surface area (Å²) in [5.41, 5.74) is 2.15. The Labute approximate surface area is 176 Å². The molecule has 2 aromatic carbocycles. The Morgan fingerprint density at radius 3 is 2.69 bits per heavy atom. The lowest BCUT2D eigenvalue weighted by Crippen LogP contribution is -2.46. The fourth-order valence-corrected chi connectivity index (χ4v) is 4.18. The van der Waals surface area contributed by atoms with E-state index in [0.717, 1.165) is 36.7 Å². The van der Waals surface area contributed by atoms with Gasteiger partial charge in [0, 0.05) is 37.3 Å². The van der Waals surface area contributed by atoms with E-state index >= 15 is 0 Å². The molecule has 1 saturated heterocycles. The number of rotatable bonds is 5. The SMILES string of the molecule is CN(CCc1ccccc1)C1CCN(C(=O)Oc2ccc(Cl)c3[nH]ccc23)CC1. The van der Waals surface area contributed by atoms with Gasteiger partial charge in [-0.25, -0.2) is 4.79 Å². The van der Waals surface area contributed by atoms with Gasteiger partial charge in [-0.15, -0.1) is 0 Å². The van der Waals surface area contributed by atoms with Crippen molar-refractivity contribution in [2.45, 2.75) is 25.3 Å². The minimum atomic E-state index is -0.291. The molecule has 0 unspecified atom stereocenters. The molecule has 0 atom stereocenters. The molecule has 0 bridgehead atoms. The van der Waals surface area contributed by atoms with Crippen LogP contribution >= 0.6 is 11.6 Å². The third-order valence-corrected chi connectivity index (χ3v) is 6.09. The lowest BCUT2D eigenvalue weighted by atomic mass is 10.0. The summed E-state index contributed by atoms with van der Waals surface area (Å²) in [5.74, 6) is 0.540. The first-order valence-electron chi connectivity index (χ1n) is 10.1. The summed E-state index contributed by atoms with van der Waals surface area (Å²) in [7, 11) is 2.18. The summed E-state index contributed by atoms with van der Waals surface area (Å²) in [5, 5.41) is 1.44. The van der Waals surface area contributed by atoms with Crippen LogP contribution in [0.3, 0.4) is 0 Å². The molecule has 2 heterocycles. The van der Waals surface area contributed by atoms with Crippen LogP contribution in [-0.4, -0.2) is 53.6 Å². The number of carbonyl (C=O) groups excluding carboxylic acids is 1. The van der Waals surface area contributed by atoms with Crippen molar-refractivity contribution in [3.63, 3.8) is 0 Å². The van der Waals surface area contributed by atoms with Crippen molar-refractivity contribution in [2.24, 2.45) is 0 Å². The highest BCUT2D eigenvalue weighted by Gasteiger charge is 2.26. The van der Waals surface area contributed by atoms with Crippen LogP contribution in [0.4, 0.5) is 4.79 Å². The summed E-state index contributed by atoms with van der Waals surface area (Å²) in [6, 6.07) is 16.4. The molecule has 0 spiro atoms. The summed E-state index contributed by atoms with van der Waals surface area (Å²) in [6.45, 7) is 2.45. The van der Waals surface area contributed by atoms with Crippen molar-refractivity contribution >= 4 is 28.6 Å². The fraction of sp³-hybridized carbons (Fsp3) is 0.348. The number of ether oxygens (including phenoxy) is 1. The largest absolute Gasteiger partial charge is 0.415 e. The molecule has 0 aliphatic carbocycles. The molecule has 5 nitrogen and oxygen atoms in total. The monoisotopic (exact) mass is 411 g/mol. The van der Waals surface area contributed by atoms with Gasteiger partial charge in [-0.05, 0) is 50.1 Å². The van der Waals surface area contributed by atoms with Crippen molar-refractivity contribution < 1.29 is 9.53 Å². The molecule has 3 aromatic rings. The number of carbonyl (C=O) groups is 1. The highest BCUT2D eigenvalue weighted by Crippen LogP contribution is 2.31. The maximum absolute atomic E-state index is 12.7. The number of aromatic nitrogens is 1. The predicted molar refractivity (Wildman–Crippen MR) is 117 cm³/mol. The summed E-state index contributed by atoms with van der Waals surface area (Å²) < 4.78 is 5.68. The van der Waals surface area contributed by atoms with E-state index in [2.05, 4.69) is 41.2 Å². The number of amides is 1. The number of halogens is 1. The fourth-order valence-electron chi connectivity index (χ4n) is 3.96. The first-order valence-corrected chi connectivity index (χ1v) is 10.5. The first kappa shape index (κ1) is 19.8. The van der Waals surface area contributed by atoms with Crippen molar-refractivity contribution in [2.75, 3.05) is 26.7 Å². The topological polar surface area (TPSA) is 48.6 Å². The van der Waals surface area contributed by atoms with Gasteiger partial charge in [-0.1, -0.05) is 41.9 Å². The number of fused-ring (bicyclic) bond motifs is 1. The van der Waals surface area contributed by atoms with Crippen LogP contribution in [0.15, 0.2) is 54.7 Å². The quantitative estimate of drug-likeness (QED) is 0.645. The molecule has 1 amide bonds. The van der Waals surface area contributed by atoms with Gasteiger partial charge in [0.25, 0.3) is 0 Å². The maximum Gasteiger partial charge on any atom is 0.415 e. The molecule has 0 radical (unpaired) electrons. The van der Waals surface area contributed by atoms with Crippen LogP contribution < -0.4 is 4.74 Å². The van der Waals surface area contributed by atoms with Gasteiger partial charge in [0.05, 0.1) is 10.5 Å². The molecule has 29 heavy (non-hydrogen) atoms. The van der Waals surface area contributed by atoms with Crippen LogP contribution in [0.2, 0.25) is 5.02 Å². The van der Waals surface area contributed by atoms with Gasteiger partial charge in [-0.2, -0.15) is 0 Å². The lowest BCUT2D eigenvalue weighted by molar-refractivity contribution is 0.111. The zero-order valence-corrected chi connectivity index (χ0v) is 17.4. The molecule has 4 rings (SSSR count). The standard InChI is InChI=1S/C23H26ClN3O2/c1-26(14-10-17-5-3-2-4-6-17)18-11-15-27(16-12-18)23(28)29-21-8-7-20(24)22-19(21)9-13-25-22/h2-9,13,18,25H,10-12,14-16H2,1H3. The average Bonchev–Trinajstić information content (AvgIpc) is 3.26. The minimum absolute atomic E-state index is 0.291. The smallest absolute Gasteiger partial charge is 0.409 e. The number of benzene rings is 2. The third-order valence-electron chi connectivity index (χ3n) is 5.77. The van der Waals surface area contributed by atoms with Crippen LogP contribution in [0.5, 0.6) is 5.75 Å². The number of nitrogens with zero attached hydrogens (tertiary/aromatic N) is 2. The van der Waals surface area contributed by atoms with Crippen molar-refractivity contribution in [3.05, 3.63) is 65.3 Å². The maximum atomic E-state index is 12.7. The van der Waals surface area contributed by atoms with Crippen molar-refractivity contribution in [1.82, 2.24) is 14.8 Å². The second-order valence-electron chi connectivity index (χ2n) is 7.61. The van der Waals surface area contributed by atoms with E-state index in [1.807, 2.05) is 12.1 Å². The first-order chi connectivity index (χ1) is 14.1. The number of piperidine rings is 1. The van der Waals surface area contributed by atoms with Crippen LogP contribution in [0, 0.1) is 0 Å². The molecule has 1 aliphatic rings. The van der Waals surface area contributed by atoms with E-state index in [1.165, 1.54) is 5.56 Å². The summed E-state index contributed by atoms with van der Waals surface area (Å²) in [4.78, 5) is 19.9. The molecule has 1 N–H and O–H groups in total. The zero-order valence-electron chi connectivity index (χ0n) is 16.6. The van der Waals surface area contributed by atoms with Crippen LogP contribution in [0.25, 0.3) is 10.9 Å². The number of H-pyrrole nitrogens is 1. The van der Waals surface area contributed by atoms with Crippen LogP contribution in [-0.2, 0) is 6.42 Å². The van der Waals surface area contributed by atoms with Crippen molar-refractivity contribution in [3.8, 4) is 5.75 Å². The number of likely N-dealkylation sites (N-methyl/N-ethyl adjacent to an activating group) is 1. The Morgan fingerprint density at radius 1 is 1.17 bits per heavy atom. The molecule has 1 fully saturated rings. The summed E-state index contributed by atoms with van der Waals surface area (Å²) >= 11 is 6.18. The van der Waals surface area contributed by atoms with Gasteiger partial charge in [-0.3, -0.25) is 0 Å². The number of likely N-dealkylation sites (tertiary alicyclic amines) is 1. The van der Waals surface area contributed by atoms with E-state index in [0.29, 0.717) is 29.9 Å². The molecule has 152 valence electrons. The van der Waals surface area contributed by atoms with Crippen molar-refractivity contribution in [1.29, 1.82) is 0 Å². The Balaban J connectivity index is 1.29. The van der Waals surface area contributed by atoms with Gasteiger partial charge in [0.1, 0.15) is 5.75 Å². The molecular formula is C23H26ClN3O2. The molecule has 0 saturated carbocycles. The average molecular weight is 412 g/mol. The van der Waals surface area contributed by atoms with E-state index in [9.17, 15) is 4.79 Å². The number of nitrogens with one attached hydrogen (secondary N) is 1. The normalized spacial score (nSPS) is 15.2. The highest BCUT2D eigenvalue weighted by molar-refractivity contribution is 6.35. The predicted octanol–water partition coefficient (Wildman–Crippen LogP) is 4.96. The van der Waals surface area contributed by atoms with Crippen LogP contribution in [0.1, 0.15) is 18.4 Å². The molecular weight excluding hydrogens is 386 g/mol. The Hall–Kier alpha value is -2.50. The number of aromatic amines is 1. The second-order valence-corrected chi connectivity index (χ2v) is 8.02. The zero-order chi connectivity index (χ0) is 20.2. The van der Waals surface area contributed by atoms with Gasteiger partial charge >= 0.3 is 6.09 Å². The van der Waals surface area contributed by atoms with E-state index in [4.69, 9.17) is 16.3 Å². The second kappa shape index (κ2) is 8.89. The number of hydrogen-bond donors (Lipinski definition) is 1.